The topological polar surface area (TPSA) is 29.1 Å². The minimum Gasteiger partial charge on any atom is -0.348 e. The molecule has 2 rings (SSSR count). The lowest BCUT2D eigenvalue weighted by atomic mass is 10.1. The van der Waals surface area contributed by atoms with Crippen LogP contribution in [0, 0.1) is 0 Å². The predicted octanol–water partition coefficient (Wildman–Crippen LogP) is 5.34. The maximum Gasteiger partial charge on any atom is 0.416 e. The van der Waals surface area contributed by atoms with Crippen LogP contribution in [0.3, 0.4) is 0 Å². The van der Waals surface area contributed by atoms with Crippen LogP contribution >= 0.6 is 23.2 Å². The Morgan fingerprint density at radius 2 is 1.79 bits per heavy atom. The Labute approximate surface area is 146 Å². The number of hydrogen-bond donors (Lipinski definition) is 1. The molecule has 2 nitrogen and oxygen atoms in total. The van der Waals surface area contributed by atoms with Crippen LogP contribution < -0.4 is 5.32 Å². The van der Waals surface area contributed by atoms with E-state index in [1.54, 1.807) is 24.3 Å². The molecule has 0 aliphatic rings. The summed E-state index contributed by atoms with van der Waals surface area (Å²) in [6.07, 6.45) is -2.11. The fourth-order valence-corrected chi connectivity index (χ4v) is 2.28. The van der Waals surface area contributed by atoms with E-state index in [4.69, 9.17) is 23.2 Å². The third kappa shape index (κ3) is 5.01. The van der Waals surface area contributed by atoms with Crippen LogP contribution in [0.4, 0.5) is 13.2 Å². The lowest BCUT2D eigenvalue weighted by molar-refractivity contribution is -0.137. The van der Waals surface area contributed by atoms with Crippen molar-refractivity contribution >= 4 is 35.2 Å². The monoisotopic (exact) mass is 373 g/mol. The summed E-state index contributed by atoms with van der Waals surface area (Å²) in [5, 5.41) is 3.24. The average Bonchev–Trinajstić information content (AvgIpc) is 2.52. The van der Waals surface area contributed by atoms with Gasteiger partial charge >= 0.3 is 6.18 Å². The molecule has 0 unspecified atom stereocenters. The van der Waals surface area contributed by atoms with Crippen molar-refractivity contribution in [3.63, 3.8) is 0 Å². The van der Waals surface area contributed by atoms with Gasteiger partial charge in [0.25, 0.3) is 0 Å². The van der Waals surface area contributed by atoms with Gasteiger partial charge in [-0.25, -0.2) is 0 Å². The van der Waals surface area contributed by atoms with E-state index in [9.17, 15) is 18.0 Å². The van der Waals surface area contributed by atoms with Crippen molar-refractivity contribution < 1.29 is 18.0 Å². The van der Waals surface area contributed by atoms with Gasteiger partial charge in [-0.1, -0.05) is 41.4 Å². The van der Waals surface area contributed by atoms with Crippen molar-refractivity contribution in [3.8, 4) is 0 Å². The first kappa shape index (κ1) is 18.4. The molecular weight excluding hydrogens is 362 g/mol. The van der Waals surface area contributed by atoms with Gasteiger partial charge in [0, 0.05) is 22.7 Å². The highest BCUT2D eigenvalue weighted by Gasteiger charge is 2.30. The number of amides is 1. The molecule has 1 N–H and O–H groups in total. The molecule has 0 aromatic heterocycles. The van der Waals surface area contributed by atoms with Gasteiger partial charge in [0.15, 0.2) is 0 Å². The number of halogens is 5. The molecule has 0 aliphatic carbocycles. The Balaban J connectivity index is 2.05. The summed E-state index contributed by atoms with van der Waals surface area (Å²) >= 11 is 11.8. The molecule has 2 aromatic carbocycles. The number of rotatable bonds is 4. The number of benzene rings is 2. The lowest BCUT2D eigenvalue weighted by Gasteiger charge is -2.08. The van der Waals surface area contributed by atoms with E-state index >= 15 is 0 Å². The molecule has 2 aromatic rings. The number of carbonyl (C=O) groups is 1. The van der Waals surface area contributed by atoms with Crippen molar-refractivity contribution in [1.29, 1.82) is 0 Å². The van der Waals surface area contributed by atoms with Crippen molar-refractivity contribution in [2.75, 3.05) is 0 Å². The SMILES string of the molecule is O=C(/C=C/c1cc(C(F)(F)F)ccc1Cl)NCc1ccccc1Cl. The van der Waals surface area contributed by atoms with Crippen LogP contribution in [0.1, 0.15) is 16.7 Å². The molecular formula is C17H12Cl2F3NO. The van der Waals surface area contributed by atoms with E-state index < -0.39 is 17.6 Å². The minimum absolute atomic E-state index is 0.111. The highest BCUT2D eigenvalue weighted by molar-refractivity contribution is 6.32. The average molecular weight is 374 g/mol. The number of carbonyl (C=O) groups excluding carboxylic acids is 1. The number of alkyl halides is 3. The third-order valence-electron chi connectivity index (χ3n) is 3.15. The number of hydrogen-bond acceptors (Lipinski definition) is 1. The first-order chi connectivity index (χ1) is 11.3. The normalized spacial score (nSPS) is 11.7. The Hall–Kier alpha value is -1.98. The fourth-order valence-electron chi connectivity index (χ4n) is 1.90. The van der Waals surface area contributed by atoms with Crippen LogP contribution in [0.15, 0.2) is 48.5 Å². The summed E-state index contributed by atoms with van der Waals surface area (Å²) in [4.78, 5) is 11.8. The standard InChI is InChI=1S/C17H12Cl2F3NO/c18-14-4-2-1-3-12(14)10-23-16(24)8-5-11-9-13(17(20,21)22)6-7-15(11)19/h1-9H,10H2,(H,23,24)/b8-5+. The Kier molecular flexibility index (Phi) is 5.91. The zero-order valence-electron chi connectivity index (χ0n) is 12.2. The summed E-state index contributed by atoms with van der Waals surface area (Å²) < 4.78 is 38.1. The van der Waals surface area contributed by atoms with E-state index in [1.807, 2.05) is 0 Å². The second-order valence-electron chi connectivity index (χ2n) is 4.88. The van der Waals surface area contributed by atoms with Gasteiger partial charge < -0.3 is 5.32 Å². The molecule has 7 heteroatoms. The van der Waals surface area contributed by atoms with Gasteiger partial charge in [-0.15, -0.1) is 0 Å². The van der Waals surface area contributed by atoms with Gasteiger partial charge in [0.2, 0.25) is 5.91 Å². The van der Waals surface area contributed by atoms with Gasteiger partial charge in [0.05, 0.1) is 5.56 Å². The highest BCUT2D eigenvalue weighted by atomic mass is 35.5. The Morgan fingerprint density at radius 1 is 1.08 bits per heavy atom. The summed E-state index contributed by atoms with van der Waals surface area (Å²) in [6, 6.07) is 9.93. The number of nitrogens with one attached hydrogen (secondary N) is 1. The van der Waals surface area contributed by atoms with Gasteiger partial charge in [-0.3, -0.25) is 4.79 Å². The van der Waals surface area contributed by atoms with E-state index in [1.165, 1.54) is 6.08 Å². The minimum atomic E-state index is -4.47. The zero-order chi connectivity index (χ0) is 17.7. The highest BCUT2D eigenvalue weighted by Crippen LogP contribution is 2.32. The van der Waals surface area contributed by atoms with Crippen LogP contribution in [0.25, 0.3) is 6.08 Å². The molecule has 0 bridgehead atoms. The summed E-state index contributed by atoms with van der Waals surface area (Å²) in [5.74, 6) is -0.469. The second kappa shape index (κ2) is 7.73. The van der Waals surface area contributed by atoms with Crippen molar-refractivity contribution in [1.82, 2.24) is 5.32 Å². The van der Waals surface area contributed by atoms with Crippen molar-refractivity contribution in [2.24, 2.45) is 0 Å². The van der Waals surface area contributed by atoms with E-state index in [2.05, 4.69) is 5.32 Å². The molecule has 0 atom stereocenters. The summed E-state index contributed by atoms with van der Waals surface area (Å²) in [6.45, 7) is 0.208. The van der Waals surface area contributed by atoms with Crippen LogP contribution in [-0.2, 0) is 17.5 Å². The third-order valence-corrected chi connectivity index (χ3v) is 3.86. The maximum absolute atomic E-state index is 12.7. The second-order valence-corrected chi connectivity index (χ2v) is 5.69. The van der Waals surface area contributed by atoms with E-state index in [-0.39, 0.29) is 17.1 Å². The molecule has 1 amide bonds. The molecule has 0 radical (unpaired) electrons. The molecule has 126 valence electrons. The maximum atomic E-state index is 12.7. The van der Waals surface area contributed by atoms with Gasteiger partial charge in [-0.05, 0) is 41.5 Å². The summed E-state index contributed by atoms with van der Waals surface area (Å²) in [7, 11) is 0. The van der Waals surface area contributed by atoms with Crippen molar-refractivity contribution in [2.45, 2.75) is 12.7 Å². The molecule has 0 fully saturated rings. The molecule has 0 saturated carbocycles. The van der Waals surface area contributed by atoms with E-state index in [0.29, 0.717) is 5.02 Å². The van der Waals surface area contributed by atoms with Crippen LogP contribution in [0.5, 0.6) is 0 Å². The molecule has 0 spiro atoms. The Morgan fingerprint density at radius 3 is 2.46 bits per heavy atom. The van der Waals surface area contributed by atoms with Crippen LogP contribution in [0.2, 0.25) is 10.0 Å². The van der Waals surface area contributed by atoms with Crippen molar-refractivity contribution in [3.05, 3.63) is 75.3 Å². The molecule has 0 heterocycles. The molecule has 0 saturated heterocycles. The first-order valence-electron chi connectivity index (χ1n) is 6.83. The summed E-state index contributed by atoms with van der Waals surface area (Å²) in [5.41, 5.74) is 0.0143. The molecule has 24 heavy (non-hydrogen) atoms. The zero-order valence-corrected chi connectivity index (χ0v) is 13.7. The van der Waals surface area contributed by atoms with Gasteiger partial charge in [-0.2, -0.15) is 13.2 Å². The largest absolute Gasteiger partial charge is 0.416 e. The Bertz CT molecular complexity index is 773. The first-order valence-corrected chi connectivity index (χ1v) is 7.59. The predicted molar refractivity (Wildman–Crippen MR) is 88.8 cm³/mol. The fraction of sp³-hybridized carbons (Fsp3) is 0.118. The van der Waals surface area contributed by atoms with Gasteiger partial charge in [0.1, 0.15) is 0 Å². The smallest absolute Gasteiger partial charge is 0.348 e. The quantitative estimate of drug-likeness (QED) is 0.719. The van der Waals surface area contributed by atoms with Crippen LogP contribution in [-0.4, -0.2) is 5.91 Å². The lowest BCUT2D eigenvalue weighted by Crippen LogP contribution is -2.20. The molecule has 0 aliphatic heterocycles. The van der Waals surface area contributed by atoms with E-state index in [0.717, 1.165) is 29.8 Å².